The molecule has 1 aliphatic carbocycles. The zero-order valence-electron chi connectivity index (χ0n) is 16.0. The van der Waals surface area contributed by atoms with Crippen molar-refractivity contribution < 1.29 is 18.0 Å². The van der Waals surface area contributed by atoms with Crippen molar-refractivity contribution >= 4 is 23.1 Å². The van der Waals surface area contributed by atoms with Gasteiger partial charge in [-0.15, -0.1) is 0 Å². The van der Waals surface area contributed by atoms with Crippen LogP contribution < -0.4 is 10.6 Å². The monoisotopic (exact) mass is 405 g/mol. The zero-order chi connectivity index (χ0) is 21.4. The van der Waals surface area contributed by atoms with Crippen molar-refractivity contribution in [3.8, 4) is 6.07 Å². The largest absolute Gasteiger partial charge is 0.417 e. The number of nitriles is 1. The van der Waals surface area contributed by atoms with Crippen LogP contribution in [-0.2, 0) is 11.0 Å². The predicted octanol–water partition coefficient (Wildman–Crippen LogP) is 3.91. The van der Waals surface area contributed by atoms with Crippen LogP contribution in [0.3, 0.4) is 0 Å². The summed E-state index contributed by atoms with van der Waals surface area (Å²) < 4.78 is 38.8. The van der Waals surface area contributed by atoms with Gasteiger partial charge in [0.15, 0.2) is 11.5 Å². The number of benzene rings is 1. The van der Waals surface area contributed by atoms with Gasteiger partial charge in [-0.05, 0) is 43.2 Å². The molecule has 0 spiro atoms. The molecule has 0 unspecified atom stereocenters. The molecule has 0 saturated heterocycles. The molecule has 1 saturated carbocycles. The Morgan fingerprint density at radius 2 is 2.07 bits per heavy atom. The number of hydrogen-bond donors (Lipinski definition) is 2. The van der Waals surface area contributed by atoms with Crippen LogP contribution >= 0.6 is 0 Å². The van der Waals surface area contributed by atoms with E-state index in [-0.39, 0.29) is 17.2 Å². The second-order valence-corrected chi connectivity index (χ2v) is 6.58. The highest BCUT2D eigenvalue weighted by molar-refractivity contribution is 6.68. The van der Waals surface area contributed by atoms with E-state index in [2.05, 4.69) is 27.2 Å². The number of anilines is 1. The van der Waals surface area contributed by atoms with Crippen LogP contribution in [0, 0.1) is 17.2 Å². The van der Waals surface area contributed by atoms with E-state index in [9.17, 15) is 18.0 Å². The lowest BCUT2D eigenvalue weighted by Crippen LogP contribution is -2.37. The Kier molecular flexibility index (Phi) is 7.53. The fourth-order valence-corrected chi connectivity index (χ4v) is 3.17. The molecule has 0 aliphatic heterocycles. The van der Waals surface area contributed by atoms with Gasteiger partial charge in [0.2, 0.25) is 0 Å². The number of alkyl halides is 3. The van der Waals surface area contributed by atoms with Crippen LogP contribution in [-0.4, -0.2) is 31.0 Å². The number of carbonyl (C=O) groups excluding carboxylic acids is 1. The van der Waals surface area contributed by atoms with Gasteiger partial charge in [0.25, 0.3) is 5.91 Å². The summed E-state index contributed by atoms with van der Waals surface area (Å²) in [5.74, 6) is 0.0286. The summed E-state index contributed by atoms with van der Waals surface area (Å²) in [6, 6.07) is 4.33. The average molecular weight is 405 g/mol. The Balaban J connectivity index is 2.20. The second-order valence-electron chi connectivity index (χ2n) is 6.58. The van der Waals surface area contributed by atoms with Crippen molar-refractivity contribution in [2.45, 2.75) is 31.9 Å². The summed E-state index contributed by atoms with van der Waals surface area (Å²) in [4.78, 5) is 21.1. The molecule has 2 rings (SSSR count). The highest BCUT2D eigenvalue weighted by Crippen LogP contribution is 2.33. The third-order valence-electron chi connectivity index (χ3n) is 4.59. The summed E-state index contributed by atoms with van der Waals surface area (Å²) in [6.45, 7) is 4.12. The molecular formula is C20H22F3N5O. The molecule has 154 valence electrons. The standard InChI is InChI=1S/C20H22F3N5O/c1-3-26-18(27-12-13-6-4-5-7-13)17(25-2)19(29)28-15-8-9-16(20(21,22)23)14(10-15)11-24/h3,8-10,13H,1,4-7,12H2,2H3,(H,26,27)(H,28,29). The van der Waals surface area contributed by atoms with Crippen LogP contribution in [0.5, 0.6) is 0 Å². The lowest BCUT2D eigenvalue weighted by Gasteiger charge is -2.13. The van der Waals surface area contributed by atoms with E-state index in [1.165, 1.54) is 19.3 Å². The molecule has 1 aromatic rings. The topological polar surface area (TPSA) is 89.6 Å². The Morgan fingerprint density at radius 1 is 1.38 bits per heavy atom. The Hall–Kier alpha value is -3.15. The van der Waals surface area contributed by atoms with Gasteiger partial charge in [-0.25, -0.2) is 0 Å². The molecule has 0 bridgehead atoms. The number of carbonyl (C=O) groups is 1. The molecule has 1 fully saturated rings. The molecule has 1 aliphatic rings. The molecule has 9 heteroatoms. The van der Waals surface area contributed by atoms with Crippen molar-refractivity contribution in [2.75, 3.05) is 18.9 Å². The maximum atomic E-state index is 12.9. The van der Waals surface area contributed by atoms with Crippen molar-refractivity contribution in [3.05, 3.63) is 42.1 Å². The van der Waals surface area contributed by atoms with Gasteiger partial charge < -0.3 is 10.6 Å². The number of amides is 1. The quantitative estimate of drug-likeness (QED) is 0.555. The molecule has 1 amide bonds. The molecule has 0 heterocycles. The Bertz CT molecular complexity index is 862. The molecule has 29 heavy (non-hydrogen) atoms. The third-order valence-corrected chi connectivity index (χ3v) is 4.59. The van der Waals surface area contributed by atoms with Gasteiger partial charge in [0.05, 0.1) is 17.2 Å². The first-order valence-corrected chi connectivity index (χ1v) is 9.12. The summed E-state index contributed by atoms with van der Waals surface area (Å²) >= 11 is 0. The average Bonchev–Trinajstić information content (AvgIpc) is 3.19. The number of halogens is 3. The van der Waals surface area contributed by atoms with E-state index in [0.717, 1.165) is 43.9 Å². The molecule has 0 aromatic heterocycles. The number of amidine groups is 1. The minimum atomic E-state index is -4.66. The van der Waals surface area contributed by atoms with E-state index in [0.29, 0.717) is 12.5 Å². The van der Waals surface area contributed by atoms with E-state index in [1.807, 2.05) is 0 Å². The molecule has 0 atom stereocenters. The number of rotatable bonds is 6. The van der Waals surface area contributed by atoms with Gasteiger partial charge >= 0.3 is 6.18 Å². The first kappa shape index (κ1) is 22.1. The smallest absolute Gasteiger partial charge is 0.346 e. The maximum absolute atomic E-state index is 12.9. The number of hydrogen-bond acceptors (Lipinski definition) is 4. The van der Waals surface area contributed by atoms with Crippen LogP contribution in [0.25, 0.3) is 0 Å². The Morgan fingerprint density at radius 3 is 2.62 bits per heavy atom. The lowest BCUT2D eigenvalue weighted by atomic mass is 10.1. The molecule has 0 radical (unpaired) electrons. The van der Waals surface area contributed by atoms with Crippen molar-refractivity contribution in [1.29, 1.82) is 5.26 Å². The van der Waals surface area contributed by atoms with Crippen LogP contribution in [0.15, 0.2) is 41.0 Å². The summed E-state index contributed by atoms with van der Waals surface area (Å²) in [5, 5.41) is 14.3. The third kappa shape index (κ3) is 5.91. The van der Waals surface area contributed by atoms with Crippen molar-refractivity contribution in [2.24, 2.45) is 15.9 Å². The van der Waals surface area contributed by atoms with Gasteiger partial charge in [-0.3, -0.25) is 14.8 Å². The lowest BCUT2D eigenvalue weighted by molar-refractivity contribution is -0.137. The van der Waals surface area contributed by atoms with Crippen LogP contribution in [0.1, 0.15) is 36.8 Å². The molecule has 1 aromatic carbocycles. The fourth-order valence-electron chi connectivity index (χ4n) is 3.17. The van der Waals surface area contributed by atoms with Crippen molar-refractivity contribution in [1.82, 2.24) is 5.32 Å². The molecule has 6 nitrogen and oxygen atoms in total. The highest BCUT2D eigenvalue weighted by Gasteiger charge is 2.33. The minimum absolute atomic E-state index is 0.0127. The van der Waals surface area contributed by atoms with Gasteiger partial charge in [-0.1, -0.05) is 19.4 Å². The zero-order valence-corrected chi connectivity index (χ0v) is 16.0. The summed E-state index contributed by atoms with van der Waals surface area (Å²) in [6.07, 6.45) is 1.20. The highest BCUT2D eigenvalue weighted by atomic mass is 19.4. The first-order valence-electron chi connectivity index (χ1n) is 9.12. The summed E-state index contributed by atoms with van der Waals surface area (Å²) in [5.41, 5.74) is -1.60. The fraction of sp³-hybridized carbons (Fsp3) is 0.400. The van der Waals surface area contributed by atoms with E-state index in [1.54, 1.807) is 0 Å². The number of aliphatic imine (C=N–C) groups is 2. The second kappa shape index (κ2) is 9.87. The first-order chi connectivity index (χ1) is 13.8. The van der Waals surface area contributed by atoms with Crippen LogP contribution in [0.4, 0.5) is 18.9 Å². The van der Waals surface area contributed by atoms with E-state index < -0.39 is 23.2 Å². The SMILES string of the molecule is C=CNC(=NCC1CCCC1)C(=NC)C(=O)Nc1ccc(C(F)(F)F)c(C#N)c1. The minimum Gasteiger partial charge on any atom is -0.346 e. The number of nitrogens with zero attached hydrogens (tertiary/aromatic N) is 3. The normalized spacial score (nSPS) is 15.7. The number of nitrogens with one attached hydrogen (secondary N) is 2. The van der Waals surface area contributed by atoms with Crippen molar-refractivity contribution in [3.63, 3.8) is 0 Å². The maximum Gasteiger partial charge on any atom is 0.417 e. The van der Waals surface area contributed by atoms with Crippen LogP contribution in [0.2, 0.25) is 0 Å². The van der Waals surface area contributed by atoms with Gasteiger partial charge in [-0.2, -0.15) is 18.4 Å². The van der Waals surface area contributed by atoms with E-state index in [4.69, 9.17) is 5.26 Å². The molecular weight excluding hydrogens is 383 g/mol. The predicted molar refractivity (Wildman–Crippen MR) is 106 cm³/mol. The van der Waals surface area contributed by atoms with Gasteiger partial charge in [0, 0.05) is 19.3 Å². The molecule has 2 N–H and O–H groups in total. The van der Waals surface area contributed by atoms with Gasteiger partial charge in [0.1, 0.15) is 0 Å². The summed E-state index contributed by atoms with van der Waals surface area (Å²) in [7, 11) is 1.41. The van der Waals surface area contributed by atoms with E-state index >= 15 is 0 Å². The Labute approximate surface area is 167 Å².